The predicted molar refractivity (Wildman–Crippen MR) is 92.3 cm³/mol. The van der Waals surface area contributed by atoms with Crippen LogP contribution in [0.4, 0.5) is 0 Å². The maximum atomic E-state index is 12.1. The molecule has 3 aromatic heterocycles. The second kappa shape index (κ2) is 6.67. The van der Waals surface area contributed by atoms with E-state index in [-0.39, 0.29) is 5.69 Å². The number of aromatic nitrogens is 2. The van der Waals surface area contributed by atoms with E-state index in [1.807, 2.05) is 35.9 Å². The Bertz CT molecular complexity index is 910. The highest BCUT2D eigenvalue weighted by Crippen LogP contribution is 2.21. The molecule has 0 aliphatic carbocycles. The first-order valence-corrected chi connectivity index (χ1v) is 8.42. The molecule has 0 unspecified atom stereocenters. The topological polar surface area (TPSA) is 87.2 Å². The SMILES string of the molecule is Cc1ccsc1/C=N/NC(=O)c1cc(-c2cccs2)[nH]c(=O)n1. The number of H-pyrrole nitrogens is 1. The molecule has 3 heterocycles. The standard InChI is InChI=1S/C15H12N4O2S2/c1-9-4-6-23-13(9)8-16-19-14(20)11-7-10(17-15(21)18-11)12-3-2-5-22-12/h2-8H,1H3,(H,19,20)(H,17,18,21)/b16-8+. The van der Waals surface area contributed by atoms with E-state index in [1.165, 1.54) is 28.7 Å². The van der Waals surface area contributed by atoms with E-state index >= 15 is 0 Å². The zero-order chi connectivity index (χ0) is 16.2. The minimum absolute atomic E-state index is 0.0252. The van der Waals surface area contributed by atoms with Gasteiger partial charge in [0.15, 0.2) is 0 Å². The van der Waals surface area contributed by atoms with E-state index in [2.05, 4.69) is 20.5 Å². The third-order valence-electron chi connectivity index (χ3n) is 3.01. The first-order chi connectivity index (χ1) is 11.1. The molecular weight excluding hydrogens is 332 g/mol. The molecule has 3 aromatic rings. The van der Waals surface area contributed by atoms with Crippen LogP contribution < -0.4 is 11.1 Å². The summed E-state index contributed by atoms with van der Waals surface area (Å²) in [4.78, 5) is 31.9. The van der Waals surface area contributed by atoms with Crippen molar-refractivity contribution in [2.45, 2.75) is 6.92 Å². The summed E-state index contributed by atoms with van der Waals surface area (Å²) < 4.78 is 0. The third-order valence-corrected chi connectivity index (χ3v) is 4.87. The Hall–Kier alpha value is -2.58. The molecule has 0 radical (unpaired) electrons. The number of hydrazone groups is 1. The first kappa shape index (κ1) is 15.3. The van der Waals surface area contributed by atoms with E-state index < -0.39 is 11.6 Å². The Morgan fingerprint density at radius 3 is 2.91 bits per heavy atom. The van der Waals surface area contributed by atoms with Gasteiger partial charge in [0.05, 0.1) is 16.8 Å². The second-order valence-corrected chi connectivity index (χ2v) is 6.52. The number of aromatic amines is 1. The number of carbonyl (C=O) groups excluding carboxylic acids is 1. The molecule has 0 spiro atoms. The van der Waals surface area contributed by atoms with Crippen molar-refractivity contribution in [1.82, 2.24) is 15.4 Å². The predicted octanol–water partition coefficient (Wildman–Crippen LogP) is 2.63. The number of hydrogen-bond donors (Lipinski definition) is 2. The van der Waals surface area contributed by atoms with Gasteiger partial charge >= 0.3 is 5.69 Å². The van der Waals surface area contributed by atoms with E-state index in [0.29, 0.717) is 5.69 Å². The molecule has 8 heteroatoms. The van der Waals surface area contributed by atoms with Crippen LogP contribution in [0.15, 0.2) is 44.9 Å². The molecule has 0 aliphatic heterocycles. The van der Waals surface area contributed by atoms with E-state index in [1.54, 1.807) is 6.21 Å². The number of nitrogens with zero attached hydrogens (tertiary/aromatic N) is 2. The van der Waals surface area contributed by atoms with Crippen molar-refractivity contribution in [1.29, 1.82) is 0 Å². The third kappa shape index (κ3) is 3.61. The summed E-state index contributed by atoms with van der Waals surface area (Å²) in [5, 5.41) is 7.75. The van der Waals surface area contributed by atoms with Gasteiger partial charge in [-0.05, 0) is 41.4 Å². The number of rotatable bonds is 4. The zero-order valence-corrected chi connectivity index (χ0v) is 13.7. The summed E-state index contributed by atoms with van der Waals surface area (Å²) in [6.45, 7) is 1.96. The minimum atomic E-state index is -0.570. The normalized spacial score (nSPS) is 11.0. The molecule has 6 nitrogen and oxygen atoms in total. The molecule has 23 heavy (non-hydrogen) atoms. The molecule has 0 fully saturated rings. The van der Waals surface area contributed by atoms with Crippen LogP contribution in [0.1, 0.15) is 20.9 Å². The molecule has 1 amide bonds. The van der Waals surface area contributed by atoms with Gasteiger partial charge in [-0.25, -0.2) is 10.2 Å². The van der Waals surface area contributed by atoms with Crippen molar-refractivity contribution >= 4 is 34.8 Å². The Morgan fingerprint density at radius 2 is 2.22 bits per heavy atom. The molecule has 0 aromatic carbocycles. The molecule has 0 bridgehead atoms. The number of amides is 1. The summed E-state index contributed by atoms with van der Waals surface area (Å²) in [6.07, 6.45) is 1.57. The molecule has 3 rings (SSSR count). The molecule has 0 atom stereocenters. The van der Waals surface area contributed by atoms with Gasteiger partial charge in [-0.2, -0.15) is 10.1 Å². The number of aryl methyl sites for hydroxylation is 1. The van der Waals surface area contributed by atoms with Crippen LogP contribution in [0, 0.1) is 6.92 Å². The average molecular weight is 344 g/mol. The number of nitrogens with one attached hydrogen (secondary N) is 2. The lowest BCUT2D eigenvalue weighted by Gasteiger charge is -2.01. The summed E-state index contributed by atoms with van der Waals surface area (Å²) >= 11 is 3.00. The van der Waals surface area contributed by atoms with Crippen molar-refractivity contribution in [3.63, 3.8) is 0 Å². The monoisotopic (exact) mass is 344 g/mol. The maximum Gasteiger partial charge on any atom is 0.346 e. The van der Waals surface area contributed by atoms with Gasteiger partial charge in [0.2, 0.25) is 0 Å². The smallest absolute Gasteiger partial charge is 0.305 e. The highest BCUT2D eigenvalue weighted by Gasteiger charge is 2.11. The van der Waals surface area contributed by atoms with Gasteiger partial charge in [0.25, 0.3) is 5.91 Å². The highest BCUT2D eigenvalue weighted by molar-refractivity contribution is 7.13. The van der Waals surface area contributed by atoms with E-state index in [4.69, 9.17) is 0 Å². The van der Waals surface area contributed by atoms with Crippen molar-refractivity contribution in [2.75, 3.05) is 0 Å². The van der Waals surface area contributed by atoms with Crippen LogP contribution in [0.5, 0.6) is 0 Å². The van der Waals surface area contributed by atoms with Crippen LogP contribution in [0.2, 0.25) is 0 Å². The van der Waals surface area contributed by atoms with Crippen LogP contribution in [0.3, 0.4) is 0 Å². The van der Waals surface area contributed by atoms with Gasteiger partial charge in [-0.3, -0.25) is 4.79 Å². The summed E-state index contributed by atoms with van der Waals surface area (Å²) in [5.41, 5.74) is 3.49. The quantitative estimate of drug-likeness (QED) is 0.563. The van der Waals surface area contributed by atoms with Gasteiger partial charge in [0, 0.05) is 4.88 Å². The highest BCUT2D eigenvalue weighted by atomic mass is 32.1. The Kier molecular flexibility index (Phi) is 4.45. The molecule has 116 valence electrons. The summed E-state index contributed by atoms with van der Waals surface area (Å²) in [6, 6.07) is 7.23. The molecule has 0 saturated heterocycles. The number of hydrogen-bond acceptors (Lipinski definition) is 6. The van der Waals surface area contributed by atoms with Crippen LogP contribution in [0.25, 0.3) is 10.6 Å². The fourth-order valence-electron chi connectivity index (χ4n) is 1.86. The van der Waals surface area contributed by atoms with E-state index in [9.17, 15) is 9.59 Å². The summed E-state index contributed by atoms with van der Waals surface area (Å²) in [5.74, 6) is -0.528. The Labute approximate surface area is 139 Å². The van der Waals surface area contributed by atoms with E-state index in [0.717, 1.165) is 15.3 Å². The van der Waals surface area contributed by atoms with Crippen LogP contribution in [-0.4, -0.2) is 22.1 Å². The van der Waals surface area contributed by atoms with Crippen LogP contribution in [-0.2, 0) is 0 Å². The number of thiophene rings is 2. The average Bonchev–Trinajstić information content (AvgIpc) is 3.19. The fraction of sp³-hybridized carbons (Fsp3) is 0.0667. The minimum Gasteiger partial charge on any atom is -0.305 e. The van der Waals surface area contributed by atoms with Crippen molar-refractivity contribution in [3.8, 4) is 10.6 Å². The molecule has 0 aliphatic rings. The zero-order valence-electron chi connectivity index (χ0n) is 12.1. The van der Waals surface area contributed by atoms with Crippen molar-refractivity contribution in [2.24, 2.45) is 5.10 Å². The lowest BCUT2D eigenvalue weighted by Crippen LogP contribution is -2.24. The fourth-order valence-corrected chi connectivity index (χ4v) is 3.35. The van der Waals surface area contributed by atoms with Crippen LogP contribution >= 0.6 is 22.7 Å². The van der Waals surface area contributed by atoms with Gasteiger partial charge in [0.1, 0.15) is 5.69 Å². The first-order valence-electron chi connectivity index (χ1n) is 6.66. The molecule has 2 N–H and O–H groups in total. The van der Waals surface area contributed by atoms with Gasteiger partial charge < -0.3 is 4.98 Å². The molecular formula is C15H12N4O2S2. The van der Waals surface area contributed by atoms with Gasteiger partial charge in [-0.1, -0.05) is 6.07 Å². The van der Waals surface area contributed by atoms with Crippen molar-refractivity contribution in [3.05, 3.63) is 61.6 Å². The lowest BCUT2D eigenvalue weighted by atomic mass is 10.3. The Balaban J connectivity index is 1.79. The van der Waals surface area contributed by atoms with Crippen molar-refractivity contribution < 1.29 is 4.79 Å². The number of carbonyl (C=O) groups is 1. The maximum absolute atomic E-state index is 12.1. The summed E-state index contributed by atoms with van der Waals surface area (Å²) in [7, 11) is 0. The Morgan fingerprint density at radius 1 is 1.35 bits per heavy atom. The lowest BCUT2D eigenvalue weighted by molar-refractivity contribution is 0.0949. The second-order valence-electron chi connectivity index (χ2n) is 4.63. The molecule has 0 saturated carbocycles. The van der Waals surface area contributed by atoms with Gasteiger partial charge in [-0.15, -0.1) is 22.7 Å². The largest absolute Gasteiger partial charge is 0.346 e.